The summed E-state index contributed by atoms with van der Waals surface area (Å²) in [6, 6.07) is 11.0. The minimum Gasteiger partial charge on any atom is -0.350 e. The molecule has 0 bridgehead atoms. The van der Waals surface area contributed by atoms with Gasteiger partial charge >= 0.3 is 0 Å². The molecule has 0 saturated carbocycles. The fraction of sp³-hybridized carbons (Fsp3) is 0.462. The van der Waals surface area contributed by atoms with Crippen LogP contribution < -0.4 is 5.32 Å². The van der Waals surface area contributed by atoms with E-state index in [9.17, 15) is 9.59 Å². The number of rotatable bonds is 9. The Kier molecular flexibility index (Phi) is 10.1. The molecule has 1 N–H and O–H groups in total. The molecule has 7 heteroatoms. The third-order valence-electron chi connectivity index (χ3n) is 5.02. The monoisotopic (exact) mass is 508 g/mol. The minimum atomic E-state index is -0.592. The van der Waals surface area contributed by atoms with E-state index in [2.05, 4.69) is 37.4 Å². The van der Waals surface area contributed by atoms with Crippen LogP contribution in [0.5, 0.6) is 0 Å². The molecule has 2 amide bonds. The highest BCUT2D eigenvalue weighted by Crippen LogP contribution is 2.25. The number of thioether (sulfide) groups is 1. The van der Waals surface area contributed by atoms with Crippen LogP contribution in [-0.2, 0) is 21.9 Å². The van der Waals surface area contributed by atoms with Crippen molar-refractivity contribution in [3.63, 3.8) is 0 Å². The van der Waals surface area contributed by atoms with Crippen LogP contribution in [0.15, 0.2) is 36.4 Å². The molecule has 0 saturated heterocycles. The number of aryl methyl sites for hydroxylation is 2. The van der Waals surface area contributed by atoms with E-state index in [1.807, 2.05) is 33.8 Å². The number of benzene rings is 2. The Labute approximate surface area is 212 Å². The highest BCUT2D eigenvalue weighted by molar-refractivity contribution is 7.99. The molecule has 0 aliphatic carbocycles. The normalized spacial score (nSPS) is 12.4. The maximum atomic E-state index is 13.4. The van der Waals surface area contributed by atoms with Crippen LogP contribution in [0.25, 0.3) is 0 Å². The second kappa shape index (κ2) is 12.1. The topological polar surface area (TPSA) is 49.4 Å². The summed E-state index contributed by atoms with van der Waals surface area (Å²) in [4.78, 5) is 28.1. The van der Waals surface area contributed by atoms with Gasteiger partial charge in [-0.25, -0.2) is 0 Å². The summed E-state index contributed by atoms with van der Waals surface area (Å²) in [5.41, 5.74) is 3.97. The maximum Gasteiger partial charge on any atom is 0.243 e. The van der Waals surface area contributed by atoms with Crippen molar-refractivity contribution >= 4 is 46.8 Å². The fourth-order valence-corrected chi connectivity index (χ4v) is 5.01. The van der Waals surface area contributed by atoms with Crippen LogP contribution in [-0.4, -0.2) is 34.0 Å². The highest BCUT2D eigenvalue weighted by atomic mass is 35.5. The average Bonchev–Trinajstić information content (AvgIpc) is 2.67. The predicted molar refractivity (Wildman–Crippen MR) is 141 cm³/mol. The Balaban J connectivity index is 2.21. The number of hydrogen-bond acceptors (Lipinski definition) is 3. The highest BCUT2D eigenvalue weighted by Gasteiger charge is 2.30. The molecule has 2 aromatic carbocycles. The second-order valence-corrected chi connectivity index (χ2v) is 11.2. The molecule has 2 aromatic rings. The summed E-state index contributed by atoms with van der Waals surface area (Å²) >= 11 is 14.0. The van der Waals surface area contributed by atoms with E-state index in [0.717, 1.165) is 11.3 Å². The van der Waals surface area contributed by atoms with Crippen LogP contribution in [0.3, 0.4) is 0 Å². The van der Waals surface area contributed by atoms with E-state index in [1.165, 1.54) is 16.7 Å². The van der Waals surface area contributed by atoms with Gasteiger partial charge < -0.3 is 10.2 Å². The van der Waals surface area contributed by atoms with Crippen molar-refractivity contribution in [3.05, 3.63) is 68.7 Å². The lowest BCUT2D eigenvalue weighted by Gasteiger charge is -2.33. The summed E-state index contributed by atoms with van der Waals surface area (Å²) < 4.78 is 0. The Hall–Kier alpha value is -1.69. The molecule has 33 heavy (non-hydrogen) atoms. The molecule has 4 nitrogen and oxygen atoms in total. The van der Waals surface area contributed by atoms with Crippen molar-refractivity contribution in [2.45, 2.75) is 71.8 Å². The largest absolute Gasteiger partial charge is 0.350 e. The first-order chi connectivity index (χ1) is 15.4. The summed E-state index contributed by atoms with van der Waals surface area (Å²) in [5.74, 6) is 0.751. The molecule has 0 spiro atoms. The van der Waals surface area contributed by atoms with Crippen LogP contribution in [0.1, 0.15) is 56.4 Å². The lowest BCUT2D eigenvalue weighted by atomic mass is 10.1. The molecular formula is C26H34Cl2N2O2S. The van der Waals surface area contributed by atoms with Crippen LogP contribution in [0.4, 0.5) is 0 Å². The van der Waals surface area contributed by atoms with Crippen molar-refractivity contribution in [3.8, 4) is 0 Å². The van der Waals surface area contributed by atoms with E-state index in [1.54, 1.807) is 28.8 Å². The number of nitrogens with zero attached hydrogens (tertiary/aromatic N) is 1. The molecule has 180 valence electrons. The molecule has 0 unspecified atom stereocenters. The Morgan fingerprint density at radius 3 is 2.24 bits per heavy atom. The van der Waals surface area contributed by atoms with E-state index in [0.29, 0.717) is 16.5 Å². The summed E-state index contributed by atoms with van der Waals surface area (Å²) in [7, 11) is 0. The predicted octanol–water partition coefficient (Wildman–Crippen LogP) is 6.57. The van der Waals surface area contributed by atoms with Gasteiger partial charge in [0.15, 0.2) is 0 Å². The van der Waals surface area contributed by atoms with Crippen molar-refractivity contribution in [1.29, 1.82) is 0 Å². The van der Waals surface area contributed by atoms with Crippen molar-refractivity contribution in [1.82, 2.24) is 10.2 Å². The van der Waals surface area contributed by atoms with Gasteiger partial charge in [0.2, 0.25) is 11.8 Å². The molecule has 0 heterocycles. The fourth-order valence-electron chi connectivity index (χ4n) is 3.70. The minimum absolute atomic E-state index is 0.0914. The quantitative estimate of drug-likeness (QED) is 0.416. The van der Waals surface area contributed by atoms with E-state index >= 15 is 0 Å². The first kappa shape index (κ1) is 27.6. The summed E-state index contributed by atoms with van der Waals surface area (Å²) in [6.07, 6.45) is 0.501. The SMILES string of the molecule is CC[C@@H](C(=O)NC(C)(C)C)N(Cc1ccc(Cl)cc1Cl)C(=O)CSCc1cc(C)cc(C)c1. The Morgan fingerprint density at radius 2 is 1.70 bits per heavy atom. The third kappa shape index (κ3) is 8.88. The van der Waals surface area contributed by atoms with Crippen molar-refractivity contribution in [2.75, 3.05) is 5.75 Å². The van der Waals surface area contributed by atoms with Gasteiger partial charge in [0.05, 0.1) is 5.75 Å². The van der Waals surface area contributed by atoms with E-state index in [4.69, 9.17) is 23.2 Å². The Bertz CT molecular complexity index is 968. The van der Waals surface area contributed by atoms with Gasteiger partial charge in [0.1, 0.15) is 6.04 Å². The number of halogens is 2. The third-order valence-corrected chi connectivity index (χ3v) is 6.59. The van der Waals surface area contributed by atoms with Crippen molar-refractivity contribution < 1.29 is 9.59 Å². The lowest BCUT2D eigenvalue weighted by Crippen LogP contribution is -2.53. The number of nitrogens with one attached hydrogen (secondary N) is 1. The Morgan fingerprint density at radius 1 is 1.06 bits per heavy atom. The molecule has 0 aliphatic heterocycles. The number of carbonyl (C=O) groups is 2. The zero-order valence-corrected chi connectivity index (χ0v) is 22.6. The standard InChI is InChI=1S/C26H34Cl2N2O2S/c1-7-23(25(32)29-26(4,5)6)30(14-20-8-9-21(27)13-22(20)28)24(31)16-33-15-19-11-17(2)10-18(3)12-19/h8-13,23H,7,14-16H2,1-6H3,(H,29,32)/t23-/m0/s1. The molecule has 2 rings (SSSR count). The zero-order chi connectivity index (χ0) is 24.8. The van der Waals surface area contributed by atoms with Crippen molar-refractivity contribution in [2.24, 2.45) is 0 Å². The summed E-state index contributed by atoms with van der Waals surface area (Å²) in [6.45, 7) is 12.1. The van der Waals surface area contributed by atoms with Gasteiger partial charge in [-0.2, -0.15) is 0 Å². The number of amides is 2. The van der Waals surface area contributed by atoms with Gasteiger partial charge in [0.25, 0.3) is 0 Å². The van der Waals surface area contributed by atoms with Gasteiger partial charge in [-0.15, -0.1) is 11.8 Å². The van der Waals surface area contributed by atoms with Gasteiger partial charge in [-0.05, 0) is 64.3 Å². The first-order valence-electron chi connectivity index (χ1n) is 11.1. The first-order valence-corrected chi connectivity index (χ1v) is 13.0. The molecule has 0 fully saturated rings. The zero-order valence-electron chi connectivity index (χ0n) is 20.3. The molecule has 0 aromatic heterocycles. The second-order valence-electron chi connectivity index (χ2n) is 9.41. The van der Waals surface area contributed by atoms with Gasteiger partial charge in [0, 0.05) is 27.9 Å². The van der Waals surface area contributed by atoms with Gasteiger partial charge in [-0.3, -0.25) is 9.59 Å². The van der Waals surface area contributed by atoms with Crippen LogP contribution in [0, 0.1) is 13.8 Å². The smallest absolute Gasteiger partial charge is 0.243 e. The maximum absolute atomic E-state index is 13.4. The van der Waals surface area contributed by atoms with Crippen LogP contribution in [0.2, 0.25) is 10.0 Å². The molecular weight excluding hydrogens is 475 g/mol. The lowest BCUT2D eigenvalue weighted by molar-refractivity contribution is -0.140. The summed E-state index contributed by atoms with van der Waals surface area (Å²) in [5, 5.41) is 4.03. The molecule has 1 atom stereocenters. The average molecular weight is 510 g/mol. The number of hydrogen-bond donors (Lipinski definition) is 1. The van der Waals surface area contributed by atoms with E-state index < -0.39 is 11.6 Å². The molecule has 0 aliphatic rings. The van der Waals surface area contributed by atoms with E-state index in [-0.39, 0.29) is 24.1 Å². The molecule has 0 radical (unpaired) electrons. The number of carbonyl (C=O) groups excluding carboxylic acids is 2. The van der Waals surface area contributed by atoms with Gasteiger partial charge in [-0.1, -0.05) is 65.5 Å². The van der Waals surface area contributed by atoms with Crippen LogP contribution >= 0.6 is 35.0 Å².